The Morgan fingerprint density at radius 1 is 1.29 bits per heavy atom. The van der Waals surface area contributed by atoms with Crippen molar-refractivity contribution in [1.82, 2.24) is 9.97 Å². The number of nitrogens with zero attached hydrogens (tertiary/aromatic N) is 1. The molecule has 0 amide bonds. The largest absolute Gasteiger partial charge is 0.469 e. The van der Waals surface area contributed by atoms with Crippen molar-refractivity contribution in [2.45, 2.75) is 20.3 Å². The number of furan rings is 1. The molecule has 0 bridgehead atoms. The summed E-state index contributed by atoms with van der Waals surface area (Å²) in [6.45, 7) is 4.08. The van der Waals surface area contributed by atoms with Crippen molar-refractivity contribution in [1.29, 1.82) is 0 Å². The van der Waals surface area contributed by atoms with E-state index in [1.807, 2.05) is 13.0 Å². The number of imidazole rings is 1. The predicted octanol–water partition coefficient (Wildman–Crippen LogP) is 3.69. The molecule has 0 unspecified atom stereocenters. The van der Waals surface area contributed by atoms with Crippen LogP contribution in [0.25, 0.3) is 22.4 Å². The zero-order valence-corrected chi connectivity index (χ0v) is 9.95. The number of aryl methyl sites for hydroxylation is 2. The molecule has 3 nitrogen and oxygen atoms in total. The maximum Gasteiger partial charge on any atom is 0.141 e. The highest BCUT2D eigenvalue weighted by molar-refractivity contribution is 5.79. The van der Waals surface area contributed by atoms with Crippen LogP contribution in [-0.4, -0.2) is 9.97 Å². The van der Waals surface area contributed by atoms with Crippen LogP contribution in [0, 0.1) is 6.92 Å². The van der Waals surface area contributed by atoms with E-state index in [9.17, 15) is 0 Å². The third-order valence-corrected chi connectivity index (χ3v) is 2.96. The average Bonchev–Trinajstić information content (AvgIpc) is 2.93. The number of hydrogen-bond donors (Lipinski definition) is 1. The molecule has 0 aliphatic heterocycles. The van der Waals surface area contributed by atoms with Crippen LogP contribution >= 0.6 is 0 Å². The molecule has 2 heterocycles. The molecule has 1 aromatic carbocycles. The first-order chi connectivity index (χ1) is 8.26. The summed E-state index contributed by atoms with van der Waals surface area (Å²) >= 11 is 0. The fraction of sp³-hybridized carbons (Fsp3) is 0.214. The molecule has 17 heavy (non-hydrogen) atoms. The normalized spacial score (nSPS) is 11.2. The lowest BCUT2D eigenvalue weighted by Gasteiger charge is -1.93. The van der Waals surface area contributed by atoms with Crippen LogP contribution in [0.15, 0.2) is 34.9 Å². The van der Waals surface area contributed by atoms with Crippen LogP contribution in [-0.2, 0) is 6.42 Å². The molecule has 0 aliphatic rings. The smallest absolute Gasteiger partial charge is 0.141 e. The van der Waals surface area contributed by atoms with Gasteiger partial charge >= 0.3 is 0 Å². The third-order valence-electron chi connectivity index (χ3n) is 2.96. The van der Waals surface area contributed by atoms with Gasteiger partial charge in [0.15, 0.2) is 0 Å². The molecule has 0 radical (unpaired) electrons. The number of hydrogen-bond acceptors (Lipinski definition) is 2. The zero-order valence-electron chi connectivity index (χ0n) is 9.95. The van der Waals surface area contributed by atoms with Crippen LogP contribution in [0.4, 0.5) is 0 Å². The summed E-state index contributed by atoms with van der Waals surface area (Å²) in [6, 6.07) is 8.31. The van der Waals surface area contributed by atoms with Crippen molar-refractivity contribution < 1.29 is 4.42 Å². The molecule has 3 heteroatoms. The van der Waals surface area contributed by atoms with Crippen molar-refractivity contribution >= 4 is 11.0 Å². The summed E-state index contributed by atoms with van der Waals surface area (Å²) in [5.74, 6) is 1.76. The van der Waals surface area contributed by atoms with E-state index in [0.29, 0.717) is 0 Å². The van der Waals surface area contributed by atoms with Crippen molar-refractivity contribution in [2.24, 2.45) is 0 Å². The second-order valence-corrected chi connectivity index (χ2v) is 4.24. The van der Waals surface area contributed by atoms with Crippen molar-refractivity contribution in [3.8, 4) is 11.4 Å². The first kappa shape index (κ1) is 10.1. The molecule has 3 rings (SSSR count). The van der Waals surface area contributed by atoms with E-state index in [2.05, 4.69) is 35.1 Å². The van der Waals surface area contributed by atoms with Crippen molar-refractivity contribution in [3.05, 3.63) is 41.9 Å². The van der Waals surface area contributed by atoms with Crippen LogP contribution < -0.4 is 0 Å². The Labute approximate surface area is 99.5 Å². The van der Waals surface area contributed by atoms with Gasteiger partial charge < -0.3 is 9.40 Å². The number of benzene rings is 1. The molecule has 0 aliphatic carbocycles. The summed E-state index contributed by atoms with van der Waals surface area (Å²) in [5.41, 5.74) is 4.39. The first-order valence-electron chi connectivity index (χ1n) is 5.80. The Morgan fingerprint density at radius 2 is 2.18 bits per heavy atom. The fourth-order valence-electron chi connectivity index (χ4n) is 1.98. The van der Waals surface area contributed by atoms with Crippen LogP contribution in [0.5, 0.6) is 0 Å². The zero-order chi connectivity index (χ0) is 11.8. The number of H-pyrrole nitrogens is 1. The molecule has 3 aromatic rings. The number of nitrogens with one attached hydrogen (secondary N) is 1. The highest BCUT2D eigenvalue weighted by Crippen LogP contribution is 2.23. The monoisotopic (exact) mass is 226 g/mol. The van der Waals surface area contributed by atoms with E-state index in [-0.39, 0.29) is 0 Å². The minimum atomic E-state index is 0.866. The van der Waals surface area contributed by atoms with Crippen LogP contribution in [0.1, 0.15) is 18.2 Å². The molecular formula is C14H14N2O. The Kier molecular flexibility index (Phi) is 2.25. The Hall–Kier alpha value is -2.03. The molecule has 0 fully saturated rings. The second kappa shape index (κ2) is 3.77. The van der Waals surface area contributed by atoms with Gasteiger partial charge in [0.05, 0.1) is 16.6 Å². The summed E-state index contributed by atoms with van der Waals surface area (Å²) in [4.78, 5) is 7.88. The summed E-state index contributed by atoms with van der Waals surface area (Å²) in [5, 5.41) is 0. The molecule has 0 saturated carbocycles. The van der Waals surface area contributed by atoms with E-state index in [1.54, 1.807) is 6.26 Å². The molecular weight excluding hydrogens is 212 g/mol. The SMILES string of the molecule is CCc1ccc2nc(-c3coc(C)c3)[nH]c2c1. The second-order valence-electron chi connectivity index (χ2n) is 4.24. The van der Waals surface area contributed by atoms with Gasteiger partial charge in [0.25, 0.3) is 0 Å². The Balaban J connectivity index is 2.13. The van der Waals surface area contributed by atoms with E-state index in [4.69, 9.17) is 4.42 Å². The molecule has 0 atom stereocenters. The standard InChI is InChI=1S/C14H14N2O/c1-3-10-4-5-12-13(7-10)16-14(15-12)11-6-9(2)17-8-11/h4-8H,3H2,1-2H3,(H,15,16). The van der Waals surface area contributed by atoms with Crippen molar-refractivity contribution in [3.63, 3.8) is 0 Å². The summed E-state index contributed by atoms with van der Waals surface area (Å²) in [6.07, 6.45) is 2.77. The predicted molar refractivity (Wildman–Crippen MR) is 67.9 cm³/mol. The van der Waals surface area contributed by atoms with Crippen LogP contribution in [0.2, 0.25) is 0 Å². The van der Waals surface area contributed by atoms with Gasteiger partial charge in [0.1, 0.15) is 17.8 Å². The number of rotatable bonds is 2. The van der Waals surface area contributed by atoms with Gasteiger partial charge in [0.2, 0.25) is 0 Å². The molecule has 0 spiro atoms. The topological polar surface area (TPSA) is 41.8 Å². The van der Waals surface area contributed by atoms with Gasteiger partial charge in [-0.25, -0.2) is 4.98 Å². The van der Waals surface area contributed by atoms with E-state index < -0.39 is 0 Å². The molecule has 86 valence electrons. The lowest BCUT2D eigenvalue weighted by atomic mass is 10.1. The number of aromatic amines is 1. The lowest BCUT2D eigenvalue weighted by Crippen LogP contribution is -1.78. The average molecular weight is 226 g/mol. The molecule has 1 N–H and O–H groups in total. The van der Waals surface area contributed by atoms with Gasteiger partial charge in [-0.2, -0.15) is 0 Å². The van der Waals surface area contributed by atoms with Gasteiger partial charge in [0, 0.05) is 0 Å². The highest BCUT2D eigenvalue weighted by atomic mass is 16.3. The maximum absolute atomic E-state index is 5.30. The highest BCUT2D eigenvalue weighted by Gasteiger charge is 2.07. The molecule has 0 saturated heterocycles. The van der Waals surface area contributed by atoms with Gasteiger partial charge in [-0.05, 0) is 37.1 Å². The Bertz CT molecular complexity index is 664. The summed E-state index contributed by atoms with van der Waals surface area (Å²) in [7, 11) is 0. The van der Waals surface area contributed by atoms with Crippen molar-refractivity contribution in [2.75, 3.05) is 0 Å². The van der Waals surface area contributed by atoms with Gasteiger partial charge in [-0.1, -0.05) is 13.0 Å². The first-order valence-corrected chi connectivity index (χ1v) is 5.80. The van der Waals surface area contributed by atoms with Gasteiger partial charge in [-0.15, -0.1) is 0 Å². The maximum atomic E-state index is 5.30. The van der Waals surface area contributed by atoms with E-state index >= 15 is 0 Å². The number of aromatic nitrogens is 2. The van der Waals surface area contributed by atoms with Crippen LogP contribution in [0.3, 0.4) is 0 Å². The quantitative estimate of drug-likeness (QED) is 0.724. The Morgan fingerprint density at radius 3 is 2.88 bits per heavy atom. The fourth-order valence-corrected chi connectivity index (χ4v) is 1.98. The minimum Gasteiger partial charge on any atom is -0.469 e. The number of fused-ring (bicyclic) bond motifs is 1. The third kappa shape index (κ3) is 1.73. The molecule has 2 aromatic heterocycles. The minimum absolute atomic E-state index is 0.866. The summed E-state index contributed by atoms with van der Waals surface area (Å²) < 4.78 is 5.30. The van der Waals surface area contributed by atoms with Gasteiger partial charge in [-0.3, -0.25) is 0 Å². The van der Waals surface area contributed by atoms with E-state index in [0.717, 1.165) is 34.6 Å². The van der Waals surface area contributed by atoms with E-state index in [1.165, 1.54) is 5.56 Å². The lowest BCUT2D eigenvalue weighted by molar-refractivity contribution is 0.535.